The number of carbonyl (C=O) groups excluding carboxylic acids is 3. The van der Waals surface area contributed by atoms with Gasteiger partial charge < -0.3 is 25.4 Å². The SMILES string of the molecule is CCCC(C)NC(=O)C1N([C@@H](CO)Cc2ccccc2)C(=O)[C@@H]2[C@H](C(=O)Nc3ccccc3)[C@@H]3CCC12O3. The van der Waals surface area contributed by atoms with Gasteiger partial charge in [-0.1, -0.05) is 61.9 Å². The van der Waals surface area contributed by atoms with E-state index in [0.29, 0.717) is 24.9 Å². The van der Waals surface area contributed by atoms with E-state index in [4.69, 9.17) is 4.74 Å². The predicted octanol–water partition coefficient (Wildman–Crippen LogP) is 2.91. The summed E-state index contributed by atoms with van der Waals surface area (Å²) < 4.78 is 6.51. The van der Waals surface area contributed by atoms with E-state index in [1.807, 2.05) is 55.5 Å². The minimum atomic E-state index is -1.10. The highest BCUT2D eigenvalue weighted by Crippen LogP contribution is 2.59. The summed E-state index contributed by atoms with van der Waals surface area (Å²) in [6.45, 7) is 3.71. The number of carbonyl (C=O) groups is 3. The number of fused-ring (bicyclic) bond motifs is 1. The molecule has 3 aliphatic heterocycles. The van der Waals surface area contributed by atoms with Crippen LogP contribution in [-0.4, -0.2) is 64.2 Å². The molecular weight excluding hydrogens is 482 g/mol. The van der Waals surface area contributed by atoms with Gasteiger partial charge in [0.1, 0.15) is 11.6 Å². The molecule has 2 aromatic rings. The number of nitrogens with zero attached hydrogens (tertiary/aromatic N) is 1. The van der Waals surface area contributed by atoms with E-state index >= 15 is 0 Å². The number of ether oxygens (including phenoxy) is 1. The van der Waals surface area contributed by atoms with E-state index in [-0.39, 0.29) is 30.4 Å². The van der Waals surface area contributed by atoms with Gasteiger partial charge in [-0.2, -0.15) is 0 Å². The minimum absolute atomic E-state index is 0.0719. The van der Waals surface area contributed by atoms with Crippen molar-refractivity contribution in [1.29, 1.82) is 0 Å². The van der Waals surface area contributed by atoms with Gasteiger partial charge in [-0.3, -0.25) is 14.4 Å². The normalized spacial score (nSPS) is 29.1. The van der Waals surface area contributed by atoms with E-state index in [1.165, 1.54) is 4.90 Å². The number of para-hydroxylation sites is 1. The third-order valence-electron chi connectivity index (χ3n) is 8.36. The van der Waals surface area contributed by atoms with Crippen molar-refractivity contribution in [1.82, 2.24) is 10.2 Å². The Kier molecular flexibility index (Phi) is 7.54. The maximum absolute atomic E-state index is 14.2. The Bertz CT molecular complexity index is 1160. The molecule has 3 fully saturated rings. The van der Waals surface area contributed by atoms with Crippen molar-refractivity contribution in [3.05, 3.63) is 66.2 Å². The summed E-state index contributed by atoms with van der Waals surface area (Å²) in [4.78, 5) is 43.2. The zero-order valence-electron chi connectivity index (χ0n) is 22.0. The highest BCUT2D eigenvalue weighted by atomic mass is 16.5. The zero-order chi connectivity index (χ0) is 26.9. The fourth-order valence-corrected chi connectivity index (χ4v) is 6.80. The van der Waals surface area contributed by atoms with Crippen molar-refractivity contribution in [3.63, 3.8) is 0 Å². The van der Waals surface area contributed by atoms with Crippen LogP contribution in [0.15, 0.2) is 60.7 Å². The lowest BCUT2D eigenvalue weighted by atomic mass is 9.70. The number of aliphatic hydroxyl groups is 1. The number of aliphatic hydroxyl groups excluding tert-OH is 1. The second kappa shape index (κ2) is 10.9. The molecule has 8 nitrogen and oxygen atoms in total. The van der Waals surface area contributed by atoms with Crippen LogP contribution in [0.4, 0.5) is 5.69 Å². The average Bonchev–Trinajstić information content (AvgIpc) is 3.56. The number of anilines is 1. The molecule has 5 rings (SSSR count). The number of amides is 3. The molecule has 38 heavy (non-hydrogen) atoms. The second-order valence-electron chi connectivity index (χ2n) is 10.9. The van der Waals surface area contributed by atoms with Gasteiger partial charge >= 0.3 is 0 Å². The van der Waals surface area contributed by atoms with Crippen LogP contribution in [0.2, 0.25) is 0 Å². The van der Waals surface area contributed by atoms with Crippen LogP contribution in [0.25, 0.3) is 0 Å². The molecule has 3 unspecified atom stereocenters. The van der Waals surface area contributed by atoms with Gasteiger partial charge in [-0.05, 0) is 50.3 Å². The average molecular weight is 520 g/mol. The van der Waals surface area contributed by atoms with E-state index in [2.05, 4.69) is 17.6 Å². The van der Waals surface area contributed by atoms with Crippen molar-refractivity contribution in [3.8, 4) is 0 Å². The number of rotatable bonds is 10. The fourth-order valence-electron chi connectivity index (χ4n) is 6.80. The Morgan fingerprint density at radius 3 is 2.45 bits per heavy atom. The quantitative estimate of drug-likeness (QED) is 0.447. The standard InChI is InChI=1S/C30H37N3O5/c1-3-10-19(2)31-28(36)26-30-16-15-23(38-30)24(27(35)32-21-13-8-5-9-14-21)25(30)29(37)33(26)22(18-34)17-20-11-6-4-7-12-20/h4-9,11-14,19,22-26,34H,3,10,15-18H2,1-2H3,(H,31,36)(H,32,35)/t19?,22-,23+,24-,25+,26?,30?/m1/s1. The summed E-state index contributed by atoms with van der Waals surface area (Å²) in [6.07, 6.45) is 2.80. The van der Waals surface area contributed by atoms with Crippen LogP contribution in [0, 0.1) is 11.8 Å². The number of hydrogen-bond acceptors (Lipinski definition) is 5. The van der Waals surface area contributed by atoms with E-state index in [9.17, 15) is 19.5 Å². The first-order chi connectivity index (χ1) is 18.4. The molecule has 0 aliphatic carbocycles. The highest BCUT2D eigenvalue weighted by molar-refractivity contribution is 6.02. The highest BCUT2D eigenvalue weighted by Gasteiger charge is 2.75. The van der Waals surface area contributed by atoms with Crippen molar-refractivity contribution in [2.45, 2.75) is 75.8 Å². The second-order valence-corrected chi connectivity index (χ2v) is 10.9. The third kappa shape index (κ3) is 4.60. The summed E-state index contributed by atoms with van der Waals surface area (Å²) in [6, 6.07) is 17.2. The summed E-state index contributed by atoms with van der Waals surface area (Å²) in [5.74, 6) is -2.34. The summed E-state index contributed by atoms with van der Waals surface area (Å²) in [5.41, 5.74) is 0.508. The summed E-state index contributed by atoms with van der Waals surface area (Å²) >= 11 is 0. The molecule has 2 bridgehead atoms. The molecule has 7 atom stereocenters. The van der Waals surface area contributed by atoms with Crippen molar-refractivity contribution in [2.75, 3.05) is 11.9 Å². The van der Waals surface area contributed by atoms with Crippen LogP contribution in [0.1, 0.15) is 45.1 Å². The van der Waals surface area contributed by atoms with E-state index in [0.717, 1.165) is 18.4 Å². The minimum Gasteiger partial charge on any atom is -0.394 e. The molecular formula is C30H37N3O5. The summed E-state index contributed by atoms with van der Waals surface area (Å²) in [7, 11) is 0. The van der Waals surface area contributed by atoms with E-state index in [1.54, 1.807) is 12.1 Å². The smallest absolute Gasteiger partial charge is 0.246 e. The largest absolute Gasteiger partial charge is 0.394 e. The van der Waals surface area contributed by atoms with Gasteiger partial charge in [0.25, 0.3) is 0 Å². The van der Waals surface area contributed by atoms with Gasteiger partial charge in [-0.15, -0.1) is 0 Å². The fraction of sp³-hybridized carbons (Fsp3) is 0.500. The number of hydrogen-bond donors (Lipinski definition) is 3. The molecule has 1 spiro atoms. The first kappa shape index (κ1) is 26.4. The monoisotopic (exact) mass is 519 g/mol. The van der Waals surface area contributed by atoms with Crippen molar-refractivity contribution >= 4 is 23.4 Å². The predicted molar refractivity (Wildman–Crippen MR) is 143 cm³/mol. The Morgan fingerprint density at radius 1 is 1.11 bits per heavy atom. The molecule has 202 valence electrons. The van der Waals surface area contributed by atoms with Gasteiger partial charge in [0.05, 0.1) is 30.6 Å². The molecule has 3 saturated heterocycles. The molecule has 3 amide bonds. The zero-order valence-corrected chi connectivity index (χ0v) is 22.0. The lowest BCUT2D eigenvalue weighted by Crippen LogP contribution is -2.59. The van der Waals surface area contributed by atoms with Crippen LogP contribution < -0.4 is 10.6 Å². The lowest BCUT2D eigenvalue weighted by molar-refractivity contribution is -0.145. The summed E-state index contributed by atoms with van der Waals surface area (Å²) in [5, 5.41) is 16.5. The molecule has 3 N–H and O–H groups in total. The topological polar surface area (TPSA) is 108 Å². The van der Waals surface area contributed by atoms with Crippen LogP contribution >= 0.6 is 0 Å². The first-order valence-corrected chi connectivity index (χ1v) is 13.7. The van der Waals surface area contributed by atoms with Crippen molar-refractivity contribution in [2.24, 2.45) is 11.8 Å². The number of nitrogens with one attached hydrogen (secondary N) is 2. The van der Waals surface area contributed by atoms with Crippen LogP contribution in [-0.2, 0) is 25.5 Å². The molecule has 8 heteroatoms. The molecule has 3 heterocycles. The molecule has 3 aliphatic rings. The van der Waals surface area contributed by atoms with Crippen LogP contribution in [0.3, 0.4) is 0 Å². The van der Waals surface area contributed by atoms with Gasteiger partial charge in [0.15, 0.2) is 0 Å². The van der Waals surface area contributed by atoms with Gasteiger partial charge in [-0.25, -0.2) is 0 Å². The molecule has 0 radical (unpaired) electrons. The third-order valence-corrected chi connectivity index (χ3v) is 8.36. The number of benzene rings is 2. The van der Waals surface area contributed by atoms with Gasteiger partial charge in [0, 0.05) is 11.7 Å². The van der Waals surface area contributed by atoms with Crippen molar-refractivity contribution < 1.29 is 24.2 Å². The lowest BCUT2D eigenvalue weighted by Gasteiger charge is -2.37. The molecule has 2 aromatic carbocycles. The Hall–Kier alpha value is -3.23. The molecule has 0 saturated carbocycles. The van der Waals surface area contributed by atoms with Crippen LogP contribution in [0.5, 0.6) is 0 Å². The Balaban J connectivity index is 1.50. The number of likely N-dealkylation sites (tertiary alicyclic amines) is 1. The Morgan fingerprint density at radius 2 is 1.79 bits per heavy atom. The maximum atomic E-state index is 14.2. The maximum Gasteiger partial charge on any atom is 0.246 e. The Labute approximate surface area is 223 Å². The van der Waals surface area contributed by atoms with E-state index < -0.39 is 35.6 Å². The molecule has 0 aromatic heterocycles. The van der Waals surface area contributed by atoms with Gasteiger partial charge in [0.2, 0.25) is 17.7 Å². The first-order valence-electron chi connectivity index (χ1n) is 13.7.